The summed E-state index contributed by atoms with van der Waals surface area (Å²) < 4.78 is 10.3. The number of hydrogen-bond donors (Lipinski definition) is 0. The highest BCUT2D eigenvalue weighted by atomic mass is 32.1. The number of thiazole rings is 1. The number of aryl methyl sites for hydroxylation is 1. The number of amides is 1. The lowest BCUT2D eigenvalue weighted by Crippen LogP contribution is -2.34. The van der Waals surface area contributed by atoms with Crippen LogP contribution in [0.15, 0.2) is 60.8 Å². The van der Waals surface area contributed by atoms with E-state index in [4.69, 9.17) is 9.47 Å². The molecule has 0 atom stereocenters. The van der Waals surface area contributed by atoms with E-state index in [2.05, 4.69) is 15.0 Å². The minimum absolute atomic E-state index is 0.000741. The van der Waals surface area contributed by atoms with Crippen molar-refractivity contribution in [2.75, 3.05) is 18.1 Å². The van der Waals surface area contributed by atoms with Gasteiger partial charge in [0.15, 0.2) is 17.4 Å². The highest BCUT2D eigenvalue weighted by Gasteiger charge is 2.25. The number of anilines is 1. The number of aromatic nitrogens is 3. The van der Waals surface area contributed by atoms with Gasteiger partial charge in [0.25, 0.3) is 5.91 Å². The monoisotopic (exact) mass is 490 g/mol. The molecule has 0 bridgehead atoms. The summed E-state index contributed by atoms with van der Waals surface area (Å²) in [6.45, 7) is 3.27. The second-order valence-corrected chi connectivity index (χ2v) is 8.39. The van der Waals surface area contributed by atoms with E-state index in [9.17, 15) is 14.4 Å². The number of nitrogens with zero attached hydrogens (tertiary/aromatic N) is 4. The van der Waals surface area contributed by atoms with Crippen molar-refractivity contribution >= 4 is 45.3 Å². The summed E-state index contributed by atoms with van der Waals surface area (Å²) >= 11 is 1.05. The second-order valence-electron chi connectivity index (χ2n) is 7.42. The number of rotatable bonds is 8. The van der Waals surface area contributed by atoms with Gasteiger partial charge in [-0.3, -0.25) is 14.7 Å². The Bertz CT molecular complexity index is 1370. The molecule has 10 heteroatoms. The zero-order valence-electron chi connectivity index (χ0n) is 19.1. The van der Waals surface area contributed by atoms with Crippen molar-refractivity contribution in [3.63, 3.8) is 0 Å². The second kappa shape index (κ2) is 10.8. The van der Waals surface area contributed by atoms with Gasteiger partial charge in [-0.25, -0.2) is 19.6 Å². The molecule has 0 aliphatic heterocycles. The Morgan fingerprint density at radius 1 is 0.914 bits per heavy atom. The normalized spacial score (nSPS) is 10.7. The van der Waals surface area contributed by atoms with E-state index in [0.29, 0.717) is 26.7 Å². The van der Waals surface area contributed by atoms with Crippen LogP contribution >= 0.6 is 11.3 Å². The Kier molecular flexibility index (Phi) is 7.41. The van der Waals surface area contributed by atoms with Crippen molar-refractivity contribution in [1.29, 1.82) is 0 Å². The van der Waals surface area contributed by atoms with Gasteiger partial charge in [0, 0.05) is 0 Å². The molecule has 4 aromatic rings. The maximum Gasteiger partial charge on any atom is 0.359 e. The third-order valence-corrected chi connectivity index (χ3v) is 6.11. The number of hydrogen-bond acceptors (Lipinski definition) is 9. The minimum Gasteiger partial charge on any atom is -0.462 e. The molecule has 0 N–H and O–H groups in total. The van der Waals surface area contributed by atoms with Gasteiger partial charge in [0.1, 0.15) is 4.88 Å². The number of carbonyl (C=O) groups excluding carboxylic acids is 3. The van der Waals surface area contributed by atoms with E-state index < -0.39 is 24.5 Å². The highest BCUT2D eigenvalue weighted by Crippen LogP contribution is 2.28. The molecule has 2 aromatic carbocycles. The average molecular weight is 491 g/mol. The van der Waals surface area contributed by atoms with E-state index >= 15 is 0 Å². The maximum atomic E-state index is 13.2. The molecule has 0 aliphatic rings. The molecule has 0 spiro atoms. The Labute approximate surface area is 205 Å². The van der Waals surface area contributed by atoms with Crippen LogP contribution in [0.3, 0.4) is 0 Å². The lowest BCUT2D eigenvalue weighted by molar-refractivity contribution is -0.121. The van der Waals surface area contributed by atoms with Crippen molar-refractivity contribution in [3.05, 3.63) is 82.6 Å². The average Bonchev–Trinajstić information content (AvgIpc) is 3.27. The van der Waals surface area contributed by atoms with Crippen molar-refractivity contribution in [2.24, 2.45) is 0 Å². The first-order valence-electron chi connectivity index (χ1n) is 10.8. The SMILES string of the molecule is CCOC(=O)c1sc(N(Cc2ccccc2)C(=O)COC(=O)c2cnc3ccccc3n2)nc1C. The number of fused-ring (bicyclic) bond motifs is 1. The van der Waals surface area contributed by atoms with E-state index in [1.165, 1.54) is 11.1 Å². The Morgan fingerprint density at radius 2 is 1.63 bits per heavy atom. The first-order chi connectivity index (χ1) is 17.0. The van der Waals surface area contributed by atoms with Gasteiger partial charge in [-0.2, -0.15) is 0 Å². The summed E-state index contributed by atoms with van der Waals surface area (Å²) in [6, 6.07) is 16.4. The summed E-state index contributed by atoms with van der Waals surface area (Å²) in [7, 11) is 0. The predicted octanol–water partition coefficient (Wildman–Crippen LogP) is 3.96. The Hall–Kier alpha value is -4.18. The van der Waals surface area contributed by atoms with Crippen LogP contribution in [-0.4, -0.2) is 46.0 Å². The van der Waals surface area contributed by atoms with Crippen LogP contribution in [-0.2, 0) is 20.8 Å². The van der Waals surface area contributed by atoms with Gasteiger partial charge in [-0.1, -0.05) is 53.8 Å². The molecule has 0 saturated heterocycles. The fourth-order valence-electron chi connectivity index (χ4n) is 3.25. The zero-order chi connectivity index (χ0) is 24.8. The summed E-state index contributed by atoms with van der Waals surface area (Å²) in [5.74, 6) is -1.76. The third kappa shape index (κ3) is 5.67. The van der Waals surface area contributed by atoms with Crippen LogP contribution in [0, 0.1) is 6.92 Å². The van der Waals surface area contributed by atoms with Crippen molar-refractivity contribution in [3.8, 4) is 0 Å². The molecular formula is C25H22N4O5S. The van der Waals surface area contributed by atoms with Crippen LogP contribution in [0.4, 0.5) is 5.13 Å². The van der Waals surface area contributed by atoms with Crippen LogP contribution in [0.1, 0.15) is 38.3 Å². The maximum absolute atomic E-state index is 13.2. The lowest BCUT2D eigenvalue weighted by atomic mass is 10.2. The fraction of sp³-hybridized carbons (Fsp3) is 0.200. The number of para-hydroxylation sites is 2. The molecule has 1 amide bonds. The van der Waals surface area contributed by atoms with Gasteiger partial charge >= 0.3 is 11.9 Å². The van der Waals surface area contributed by atoms with E-state index in [1.807, 2.05) is 36.4 Å². The number of benzene rings is 2. The van der Waals surface area contributed by atoms with E-state index in [1.54, 1.807) is 32.0 Å². The van der Waals surface area contributed by atoms with E-state index in [0.717, 1.165) is 16.9 Å². The largest absolute Gasteiger partial charge is 0.462 e. The topological polar surface area (TPSA) is 112 Å². The van der Waals surface area contributed by atoms with Gasteiger partial charge in [0.2, 0.25) is 0 Å². The molecule has 2 heterocycles. The summed E-state index contributed by atoms with van der Waals surface area (Å²) in [5.41, 5.74) is 2.49. The number of ether oxygens (including phenoxy) is 2. The summed E-state index contributed by atoms with van der Waals surface area (Å²) in [6.07, 6.45) is 1.31. The zero-order valence-corrected chi connectivity index (χ0v) is 19.9. The lowest BCUT2D eigenvalue weighted by Gasteiger charge is -2.20. The highest BCUT2D eigenvalue weighted by molar-refractivity contribution is 7.17. The fourth-order valence-corrected chi connectivity index (χ4v) is 4.22. The summed E-state index contributed by atoms with van der Waals surface area (Å²) in [5, 5.41) is 0.306. The van der Waals surface area contributed by atoms with Crippen molar-refractivity contribution in [1.82, 2.24) is 15.0 Å². The predicted molar refractivity (Wildman–Crippen MR) is 130 cm³/mol. The number of carbonyl (C=O) groups is 3. The first kappa shape index (κ1) is 24.0. The molecule has 0 aliphatic carbocycles. The molecule has 0 unspecified atom stereocenters. The Morgan fingerprint density at radius 3 is 2.37 bits per heavy atom. The molecular weight excluding hydrogens is 468 g/mol. The van der Waals surface area contributed by atoms with Crippen LogP contribution in [0.2, 0.25) is 0 Å². The molecule has 0 saturated carbocycles. The smallest absolute Gasteiger partial charge is 0.359 e. The molecule has 0 fully saturated rings. The van der Waals surface area contributed by atoms with Gasteiger partial charge in [-0.15, -0.1) is 0 Å². The molecule has 178 valence electrons. The van der Waals surface area contributed by atoms with Crippen molar-refractivity contribution < 1.29 is 23.9 Å². The molecule has 4 rings (SSSR count). The quantitative estimate of drug-likeness (QED) is 0.341. The summed E-state index contributed by atoms with van der Waals surface area (Å²) in [4.78, 5) is 52.6. The number of esters is 2. The van der Waals surface area contributed by atoms with Crippen molar-refractivity contribution in [2.45, 2.75) is 20.4 Å². The first-order valence-corrected chi connectivity index (χ1v) is 11.7. The van der Waals surface area contributed by atoms with Crippen LogP contribution in [0.5, 0.6) is 0 Å². The third-order valence-electron chi connectivity index (χ3n) is 4.95. The van der Waals surface area contributed by atoms with E-state index in [-0.39, 0.29) is 18.8 Å². The van der Waals surface area contributed by atoms with Crippen LogP contribution < -0.4 is 4.90 Å². The standard InChI is InChI=1S/C25H22N4O5S/c1-3-33-24(32)22-16(2)27-25(35-22)29(14-17-9-5-4-6-10-17)21(30)15-34-23(31)20-13-26-18-11-7-8-12-19(18)28-20/h4-13H,3,14-15H2,1-2H3. The van der Waals surface area contributed by atoms with Gasteiger partial charge in [0.05, 0.1) is 36.1 Å². The Balaban J connectivity index is 1.53. The van der Waals surface area contributed by atoms with Crippen LogP contribution in [0.25, 0.3) is 11.0 Å². The minimum atomic E-state index is -0.765. The molecule has 35 heavy (non-hydrogen) atoms. The van der Waals surface area contributed by atoms with Gasteiger partial charge < -0.3 is 9.47 Å². The molecule has 0 radical (unpaired) electrons. The van der Waals surface area contributed by atoms with Gasteiger partial charge in [-0.05, 0) is 31.5 Å². The molecule has 2 aromatic heterocycles. The molecule has 9 nitrogen and oxygen atoms in total.